The highest BCUT2D eigenvalue weighted by molar-refractivity contribution is 7.99. The van der Waals surface area contributed by atoms with Gasteiger partial charge in [-0.3, -0.25) is 4.79 Å². The lowest BCUT2D eigenvalue weighted by molar-refractivity contribution is -0.118. The van der Waals surface area contributed by atoms with E-state index >= 15 is 0 Å². The van der Waals surface area contributed by atoms with Crippen molar-refractivity contribution in [1.29, 1.82) is 0 Å². The van der Waals surface area contributed by atoms with Crippen LogP contribution in [0.25, 0.3) is 0 Å². The summed E-state index contributed by atoms with van der Waals surface area (Å²) in [5, 5.41) is 14.8. The zero-order valence-corrected chi connectivity index (χ0v) is 10.6. The quantitative estimate of drug-likeness (QED) is 0.751. The predicted octanol–water partition coefficient (Wildman–Crippen LogP) is 0.872. The molecule has 1 heterocycles. The number of tetrazole rings is 1. The molecule has 0 saturated carbocycles. The van der Waals surface area contributed by atoms with Gasteiger partial charge in [-0.15, -0.1) is 5.10 Å². The van der Waals surface area contributed by atoms with E-state index in [-0.39, 0.29) is 11.9 Å². The summed E-state index contributed by atoms with van der Waals surface area (Å²) in [6, 6.07) is 0.205. The third-order valence-corrected chi connectivity index (χ3v) is 2.79. The highest BCUT2D eigenvalue weighted by atomic mass is 32.2. The first-order valence-electron chi connectivity index (χ1n) is 5.32. The molecule has 6 nitrogen and oxygen atoms in total. The summed E-state index contributed by atoms with van der Waals surface area (Å²) in [4.78, 5) is 11.4. The maximum atomic E-state index is 11.4. The van der Waals surface area contributed by atoms with Gasteiger partial charge >= 0.3 is 0 Å². The Labute approximate surface area is 99.2 Å². The number of hydrogen-bond acceptors (Lipinski definition) is 5. The van der Waals surface area contributed by atoms with Crippen LogP contribution in [0.4, 0.5) is 0 Å². The first-order valence-corrected chi connectivity index (χ1v) is 6.31. The summed E-state index contributed by atoms with van der Waals surface area (Å²) in [5.74, 6) is 0.373. The number of amides is 1. The fourth-order valence-corrected chi connectivity index (χ4v) is 1.89. The summed E-state index contributed by atoms with van der Waals surface area (Å²) >= 11 is 1.36. The monoisotopic (exact) mass is 243 g/mol. The molecule has 0 aliphatic rings. The van der Waals surface area contributed by atoms with E-state index in [0.717, 1.165) is 6.42 Å². The van der Waals surface area contributed by atoms with Gasteiger partial charge in [0.05, 0.1) is 11.8 Å². The van der Waals surface area contributed by atoms with Crippen LogP contribution in [0.5, 0.6) is 0 Å². The number of hydrogen-bond donors (Lipinski definition) is 1. The third-order valence-electron chi connectivity index (χ3n) is 1.86. The minimum Gasteiger partial charge on any atom is -0.355 e. The Morgan fingerprint density at radius 2 is 2.31 bits per heavy atom. The number of carbonyl (C=O) groups excluding carboxylic acids is 1. The SMILES string of the molecule is CCCNC(=O)CSc1nnnn1C(C)C. The second-order valence-electron chi connectivity index (χ2n) is 3.64. The molecule has 0 saturated heterocycles. The highest BCUT2D eigenvalue weighted by Gasteiger charge is 2.11. The molecule has 1 N–H and O–H groups in total. The maximum absolute atomic E-state index is 11.4. The molecule has 0 aliphatic carbocycles. The second kappa shape index (κ2) is 6.47. The molecule has 0 aromatic carbocycles. The maximum Gasteiger partial charge on any atom is 0.230 e. The smallest absolute Gasteiger partial charge is 0.230 e. The molecule has 0 atom stereocenters. The molecule has 90 valence electrons. The van der Waals surface area contributed by atoms with E-state index in [1.807, 2.05) is 20.8 Å². The van der Waals surface area contributed by atoms with E-state index in [0.29, 0.717) is 17.5 Å². The number of nitrogens with zero attached hydrogens (tertiary/aromatic N) is 4. The fraction of sp³-hybridized carbons (Fsp3) is 0.778. The molecule has 0 aliphatic heterocycles. The topological polar surface area (TPSA) is 72.7 Å². The predicted molar refractivity (Wildman–Crippen MR) is 62.2 cm³/mol. The van der Waals surface area contributed by atoms with Gasteiger partial charge in [-0.2, -0.15) is 0 Å². The standard InChI is InChI=1S/C9H17N5OS/c1-4-5-10-8(15)6-16-9-11-12-13-14(9)7(2)3/h7H,4-6H2,1-3H3,(H,10,15). The van der Waals surface area contributed by atoms with Crippen molar-refractivity contribution in [2.45, 2.75) is 38.4 Å². The largest absolute Gasteiger partial charge is 0.355 e. The van der Waals surface area contributed by atoms with Crippen LogP contribution in [0.1, 0.15) is 33.2 Å². The molecule has 1 aromatic rings. The van der Waals surface area contributed by atoms with Crippen LogP contribution in [0.15, 0.2) is 5.16 Å². The zero-order chi connectivity index (χ0) is 12.0. The summed E-state index contributed by atoms with van der Waals surface area (Å²) in [6.07, 6.45) is 0.945. The van der Waals surface area contributed by atoms with Crippen LogP contribution in [0.3, 0.4) is 0 Å². The number of rotatable bonds is 6. The van der Waals surface area contributed by atoms with E-state index in [1.165, 1.54) is 11.8 Å². The molecule has 7 heteroatoms. The Bertz CT molecular complexity index is 338. The zero-order valence-electron chi connectivity index (χ0n) is 9.80. The number of thioether (sulfide) groups is 1. The Morgan fingerprint density at radius 3 is 2.94 bits per heavy atom. The van der Waals surface area contributed by atoms with Crippen molar-refractivity contribution >= 4 is 17.7 Å². The highest BCUT2D eigenvalue weighted by Crippen LogP contribution is 2.16. The van der Waals surface area contributed by atoms with Crippen LogP contribution in [0, 0.1) is 0 Å². The molecular weight excluding hydrogens is 226 g/mol. The van der Waals surface area contributed by atoms with Gasteiger partial charge in [-0.25, -0.2) is 4.68 Å². The summed E-state index contributed by atoms with van der Waals surface area (Å²) < 4.78 is 1.71. The van der Waals surface area contributed by atoms with Crippen molar-refractivity contribution < 1.29 is 4.79 Å². The molecule has 1 amide bonds. The van der Waals surface area contributed by atoms with Crippen molar-refractivity contribution in [3.8, 4) is 0 Å². The van der Waals surface area contributed by atoms with Gasteiger partial charge in [-0.1, -0.05) is 18.7 Å². The lowest BCUT2D eigenvalue weighted by atomic mass is 10.4. The van der Waals surface area contributed by atoms with Crippen LogP contribution < -0.4 is 5.32 Å². The summed E-state index contributed by atoms with van der Waals surface area (Å²) in [7, 11) is 0. The summed E-state index contributed by atoms with van der Waals surface area (Å²) in [5.41, 5.74) is 0. The van der Waals surface area contributed by atoms with Crippen molar-refractivity contribution in [3.05, 3.63) is 0 Å². The molecule has 0 radical (unpaired) electrons. The Kier molecular flexibility index (Phi) is 5.24. The molecule has 1 rings (SSSR count). The van der Waals surface area contributed by atoms with E-state index < -0.39 is 0 Å². The van der Waals surface area contributed by atoms with Gasteiger partial charge in [-0.05, 0) is 30.7 Å². The van der Waals surface area contributed by atoms with Gasteiger partial charge in [0, 0.05) is 6.54 Å². The Morgan fingerprint density at radius 1 is 1.56 bits per heavy atom. The van der Waals surface area contributed by atoms with E-state index in [9.17, 15) is 4.79 Å². The van der Waals surface area contributed by atoms with Gasteiger partial charge in [0.25, 0.3) is 0 Å². The summed E-state index contributed by atoms with van der Waals surface area (Å²) in [6.45, 7) is 6.73. The van der Waals surface area contributed by atoms with Crippen LogP contribution in [-0.4, -0.2) is 38.4 Å². The molecule has 0 fully saturated rings. The van der Waals surface area contributed by atoms with E-state index in [2.05, 4.69) is 20.8 Å². The van der Waals surface area contributed by atoms with Crippen molar-refractivity contribution in [2.24, 2.45) is 0 Å². The average molecular weight is 243 g/mol. The first-order chi connectivity index (χ1) is 7.65. The fourth-order valence-electron chi connectivity index (χ4n) is 1.05. The van der Waals surface area contributed by atoms with Gasteiger partial charge in [0.2, 0.25) is 11.1 Å². The molecule has 16 heavy (non-hydrogen) atoms. The Hall–Kier alpha value is -1.11. The van der Waals surface area contributed by atoms with Crippen LogP contribution in [-0.2, 0) is 4.79 Å². The van der Waals surface area contributed by atoms with Crippen LogP contribution >= 0.6 is 11.8 Å². The molecule has 0 bridgehead atoms. The lowest BCUT2D eigenvalue weighted by Crippen LogP contribution is -2.25. The van der Waals surface area contributed by atoms with Gasteiger partial charge in [0.1, 0.15) is 0 Å². The Balaban J connectivity index is 2.42. The van der Waals surface area contributed by atoms with E-state index in [4.69, 9.17) is 0 Å². The number of nitrogens with one attached hydrogen (secondary N) is 1. The lowest BCUT2D eigenvalue weighted by Gasteiger charge is -2.07. The van der Waals surface area contributed by atoms with Crippen LogP contribution in [0.2, 0.25) is 0 Å². The van der Waals surface area contributed by atoms with Gasteiger partial charge < -0.3 is 5.32 Å². The number of carbonyl (C=O) groups is 1. The average Bonchev–Trinajstić information content (AvgIpc) is 2.71. The third kappa shape index (κ3) is 3.80. The van der Waals surface area contributed by atoms with Crippen molar-refractivity contribution in [3.63, 3.8) is 0 Å². The first kappa shape index (κ1) is 13.0. The number of aromatic nitrogens is 4. The molecule has 0 unspecified atom stereocenters. The van der Waals surface area contributed by atoms with Crippen molar-refractivity contribution in [2.75, 3.05) is 12.3 Å². The minimum absolute atomic E-state index is 0.0187. The molecule has 0 spiro atoms. The van der Waals surface area contributed by atoms with E-state index in [1.54, 1.807) is 4.68 Å². The van der Waals surface area contributed by atoms with Crippen molar-refractivity contribution in [1.82, 2.24) is 25.5 Å². The minimum atomic E-state index is 0.0187. The second-order valence-corrected chi connectivity index (χ2v) is 4.58. The molecule has 1 aromatic heterocycles. The van der Waals surface area contributed by atoms with Gasteiger partial charge in [0.15, 0.2) is 0 Å². The normalized spacial score (nSPS) is 10.8. The molecular formula is C9H17N5OS.